The summed E-state index contributed by atoms with van der Waals surface area (Å²) < 4.78 is 26.2. The van der Waals surface area contributed by atoms with Crippen LogP contribution in [0.15, 0.2) is 42.5 Å². The van der Waals surface area contributed by atoms with Crippen LogP contribution in [0.2, 0.25) is 0 Å². The van der Waals surface area contributed by atoms with Crippen LogP contribution in [-0.2, 0) is 16.6 Å². The number of nitrogens with two attached hydrogens (primary N) is 1. The lowest BCUT2D eigenvalue weighted by atomic mass is 10.0. The van der Waals surface area contributed by atoms with Crippen LogP contribution >= 0.6 is 0 Å². The van der Waals surface area contributed by atoms with Crippen molar-refractivity contribution in [1.82, 2.24) is 4.31 Å². The first kappa shape index (κ1) is 13.5. The van der Waals surface area contributed by atoms with E-state index >= 15 is 0 Å². The van der Waals surface area contributed by atoms with Crippen molar-refractivity contribution in [3.8, 4) is 0 Å². The van der Waals surface area contributed by atoms with Gasteiger partial charge in [-0.1, -0.05) is 42.5 Å². The molecule has 0 saturated carbocycles. The Morgan fingerprint density at radius 1 is 1.15 bits per heavy atom. The zero-order valence-electron chi connectivity index (χ0n) is 11.2. The minimum Gasteiger partial charge on any atom is -0.329 e. The van der Waals surface area contributed by atoms with E-state index < -0.39 is 15.3 Å². The summed E-state index contributed by atoms with van der Waals surface area (Å²) in [5.41, 5.74) is 6.60. The van der Waals surface area contributed by atoms with Crippen molar-refractivity contribution in [3.63, 3.8) is 0 Å². The molecule has 20 heavy (non-hydrogen) atoms. The zero-order chi connectivity index (χ0) is 14.2. The molecule has 2 aromatic carbocycles. The number of nitrogens with zero attached hydrogens (tertiary/aromatic N) is 1. The number of sulfonamides is 1. The fraction of sp³-hybridized carbons (Fsp3) is 0.333. The molecule has 1 saturated heterocycles. The van der Waals surface area contributed by atoms with E-state index in [0.29, 0.717) is 19.5 Å². The van der Waals surface area contributed by atoms with Crippen molar-refractivity contribution in [2.75, 3.05) is 13.1 Å². The van der Waals surface area contributed by atoms with Crippen molar-refractivity contribution >= 4 is 20.8 Å². The van der Waals surface area contributed by atoms with E-state index in [1.807, 2.05) is 42.5 Å². The molecule has 1 heterocycles. The zero-order valence-corrected chi connectivity index (χ0v) is 12.0. The maximum Gasteiger partial charge on any atom is 0.218 e. The van der Waals surface area contributed by atoms with Crippen LogP contribution in [0, 0.1) is 0 Å². The van der Waals surface area contributed by atoms with Crippen LogP contribution in [0.25, 0.3) is 10.8 Å². The summed E-state index contributed by atoms with van der Waals surface area (Å²) in [4.78, 5) is 0. The van der Waals surface area contributed by atoms with Crippen molar-refractivity contribution in [1.29, 1.82) is 0 Å². The topological polar surface area (TPSA) is 63.4 Å². The fourth-order valence-electron chi connectivity index (χ4n) is 2.80. The van der Waals surface area contributed by atoms with Gasteiger partial charge in [-0.3, -0.25) is 0 Å². The SMILES string of the molecule is NC[C@H]1CCN(Cc2cccc3ccccc23)S1(=O)=O. The van der Waals surface area contributed by atoms with Gasteiger partial charge >= 0.3 is 0 Å². The van der Waals surface area contributed by atoms with Crippen LogP contribution in [-0.4, -0.2) is 31.1 Å². The van der Waals surface area contributed by atoms with Crippen LogP contribution in [0.3, 0.4) is 0 Å². The maximum atomic E-state index is 12.3. The van der Waals surface area contributed by atoms with Crippen molar-refractivity contribution in [3.05, 3.63) is 48.0 Å². The highest BCUT2D eigenvalue weighted by atomic mass is 32.2. The highest BCUT2D eigenvalue weighted by molar-refractivity contribution is 7.90. The Labute approximate surface area is 119 Å². The number of hydrogen-bond acceptors (Lipinski definition) is 3. The Hall–Kier alpha value is -1.43. The van der Waals surface area contributed by atoms with E-state index in [4.69, 9.17) is 5.73 Å². The second kappa shape index (κ2) is 5.16. The summed E-state index contributed by atoms with van der Waals surface area (Å²) >= 11 is 0. The molecule has 1 fully saturated rings. The number of fused-ring (bicyclic) bond motifs is 1. The van der Waals surface area contributed by atoms with E-state index in [9.17, 15) is 8.42 Å². The monoisotopic (exact) mass is 290 g/mol. The summed E-state index contributed by atoms with van der Waals surface area (Å²) in [6.07, 6.45) is 0.629. The number of rotatable bonds is 3. The van der Waals surface area contributed by atoms with Crippen molar-refractivity contribution < 1.29 is 8.42 Å². The van der Waals surface area contributed by atoms with Gasteiger partial charge in [0, 0.05) is 19.6 Å². The second-order valence-electron chi connectivity index (χ2n) is 5.16. The number of benzene rings is 2. The van der Waals surface area contributed by atoms with E-state index in [1.165, 1.54) is 0 Å². The van der Waals surface area contributed by atoms with Gasteiger partial charge < -0.3 is 5.73 Å². The van der Waals surface area contributed by atoms with Gasteiger partial charge in [0.05, 0.1) is 5.25 Å². The molecule has 0 amide bonds. The number of hydrogen-bond donors (Lipinski definition) is 1. The standard InChI is InChI=1S/C15H18N2O2S/c16-10-14-8-9-17(20(14,18)19)11-13-6-3-5-12-4-1-2-7-15(12)13/h1-7,14H,8-11,16H2/t14-/m1/s1. The smallest absolute Gasteiger partial charge is 0.218 e. The Balaban J connectivity index is 1.95. The molecule has 0 radical (unpaired) electrons. The average molecular weight is 290 g/mol. The van der Waals surface area contributed by atoms with E-state index in [-0.39, 0.29) is 6.54 Å². The van der Waals surface area contributed by atoms with E-state index in [2.05, 4.69) is 0 Å². The Morgan fingerprint density at radius 2 is 1.90 bits per heavy atom. The van der Waals surface area contributed by atoms with Crippen molar-refractivity contribution in [2.45, 2.75) is 18.2 Å². The first-order valence-electron chi connectivity index (χ1n) is 6.78. The van der Waals surface area contributed by atoms with Gasteiger partial charge in [-0.15, -0.1) is 0 Å². The second-order valence-corrected chi connectivity index (χ2v) is 7.38. The molecule has 5 heteroatoms. The third-order valence-corrected chi connectivity index (χ3v) is 6.27. The minimum atomic E-state index is -3.24. The molecule has 0 bridgehead atoms. The summed E-state index contributed by atoms with van der Waals surface area (Å²) in [6.45, 7) is 1.20. The summed E-state index contributed by atoms with van der Waals surface area (Å²) in [7, 11) is -3.24. The minimum absolute atomic E-state index is 0.203. The normalized spacial score (nSPS) is 22.4. The highest BCUT2D eigenvalue weighted by Gasteiger charge is 2.37. The molecule has 0 aliphatic carbocycles. The summed E-state index contributed by atoms with van der Waals surface area (Å²) in [5.74, 6) is 0. The summed E-state index contributed by atoms with van der Waals surface area (Å²) in [6, 6.07) is 14.1. The molecule has 1 aliphatic heterocycles. The first-order chi connectivity index (χ1) is 9.63. The van der Waals surface area contributed by atoms with Gasteiger partial charge in [-0.2, -0.15) is 4.31 Å². The Morgan fingerprint density at radius 3 is 2.65 bits per heavy atom. The van der Waals surface area contributed by atoms with Gasteiger partial charge in [0.1, 0.15) is 0 Å². The molecular formula is C15H18N2O2S. The van der Waals surface area contributed by atoms with Gasteiger partial charge in [0.15, 0.2) is 0 Å². The lowest BCUT2D eigenvalue weighted by Gasteiger charge is -2.17. The van der Waals surface area contributed by atoms with Crippen LogP contribution in [0.5, 0.6) is 0 Å². The van der Waals surface area contributed by atoms with Crippen molar-refractivity contribution in [2.24, 2.45) is 5.73 Å². The molecule has 0 aromatic heterocycles. The lowest BCUT2D eigenvalue weighted by molar-refractivity contribution is 0.441. The molecule has 106 valence electrons. The molecule has 4 nitrogen and oxygen atoms in total. The van der Waals surface area contributed by atoms with Gasteiger partial charge in [0.25, 0.3) is 0 Å². The van der Waals surface area contributed by atoms with Gasteiger partial charge in [-0.25, -0.2) is 8.42 Å². The molecular weight excluding hydrogens is 272 g/mol. The average Bonchev–Trinajstić information content (AvgIpc) is 2.74. The fourth-order valence-corrected chi connectivity index (χ4v) is 4.55. The van der Waals surface area contributed by atoms with Crippen LogP contribution < -0.4 is 5.73 Å². The third kappa shape index (κ3) is 2.22. The molecule has 2 aromatic rings. The van der Waals surface area contributed by atoms with Crippen LogP contribution in [0.4, 0.5) is 0 Å². The molecule has 0 unspecified atom stereocenters. The molecule has 2 N–H and O–H groups in total. The van der Waals surface area contributed by atoms with Crippen LogP contribution in [0.1, 0.15) is 12.0 Å². The quantitative estimate of drug-likeness (QED) is 0.936. The van der Waals surface area contributed by atoms with Gasteiger partial charge in [0.2, 0.25) is 10.0 Å². The highest BCUT2D eigenvalue weighted by Crippen LogP contribution is 2.26. The molecule has 0 spiro atoms. The Kier molecular flexibility index (Phi) is 3.50. The lowest BCUT2D eigenvalue weighted by Crippen LogP contribution is -2.32. The molecule has 3 rings (SSSR count). The maximum absolute atomic E-state index is 12.3. The molecule has 1 aliphatic rings. The largest absolute Gasteiger partial charge is 0.329 e. The molecule has 1 atom stereocenters. The Bertz CT molecular complexity index is 722. The van der Waals surface area contributed by atoms with E-state index in [1.54, 1.807) is 4.31 Å². The van der Waals surface area contributed by atoms with Gasteiger partial charge in [-0.05, 0) is 22.8 Å². The predicted octanol–water partition coefficient (Wildman–Crippen LogP) is 1.70. The third-order valence-electron chi connectivity index (χ3n) is 3.97. The summed E-state index contributed by atoms with van der Waals surface area (Å²) in [5, 5.41) is 1.83. The predicted molar refractivity (Wildman–Crippen MR) is 80.7 cm³/mol. The first-order valence-corrected chi connectivity index (χ1v) is 8.29. The van der Waals surface area contributed by atoms with E-state index in [0.717, 1.165) is 16.3 Å².